The zero-order valence-electron chi connectivity index (χ0n) is 17.4. The second kappa shape index (κ2) is 7.92. The topological polar surface area (TPSA) is 103 Å². The van der Waals surface area contributed by atoms with Crippen molar-refractivity contribution in [1.82, 2.24) is 20.0 Å². The Hall–Kier alpha value is -2.00. The second-order valence-corrected chi connectivity index (χ2v) is 9.77. The van der Waals surface area contributed by atoms with Crippen molar-refractivity contribution in [2.45, 2.75) is 50.5 Å². The van der Waals surface area contributed by atoms with Gasteiger partial charge in [0.2, 0.25) is 5.69 Å². The number of nitrogens with zero attached hydrogens (tertiary/aromatic N) is 4. The molecule has 9 nitrogen and oxygen atoms in total. The lowest BCUT2D eigenvalue weighted by Gasteiger charge is -2.56. The van der Waals surface area contributed by atoms with Gasteiger partial charge in [0.25, 0.3) is 5.91 Å². The van der Waals surface area contributed by atoms with Gasteiger partial charge in [-0.25, -0.2) is 0 Å². The highest BCUT2D eigenvalue weighted by atomic mass is 16.6. The first-order valence-electron chi connectivity index (χ1n) is 11.4. The molecule has 4 bridgehead atoms. The van der Waals surface area contributed by atoms with E-state index in [0.29, 0.717) is 24.3 Å². The number of nitro groups is 1. The second-order valence-electron chi connectivity index (χ2n) is 9.77. The van der Waals surface area contributed by atoms with E-state index in [-0.39, 0.29) is 16.9 Å². The first-order chi connectivity index (χ1) is 14.5. The van der Waals surface area contributed by atoms with Crippen molar-refractivity contribution in [1.29, 1.82) is 0 Å². The standard InChI is InChI=1S/C21H31N5O4/c27-20(22-2-1-3-24-4-6-30-7-5-24)19-18(26(28)29)14-25(23-19)21-11-15-8-16(12-21)10-17(9-15)13-21/h14-17H,1-13H2,(H,22,27). The van der Waals surface area contributed by atoms with E-state index in [1.165, 1.54) is 25.5 Å². The summed E-state index contributed by atoms with van der Waals surface area (Å²) in [5, 5.41) is 19.0. The van der Waals surface area contributed by atoms with Crippen molar-refractivity contribution in [3.8, 4) is 0 Å². The number of hydrogen-bond acceptors (Lipinski definition) is 6. The third-order valence-electron chi connectivity index (χ3n) is 7.64. The van der Waals surface area contributed by atoms with Gasteiger partial charge in [-0.3, -0.25) is 24.5 Å². The Bertz CT molecular complexity index is 781. The zero-order valence-corrected chi connectivity index (χ0v) is 17.4. The molecule has 1 amide bonds. The average Bonchev–Trinajstić information content (AvgIpc) is 3.18. The molecule has 6 rings (SSSR count). The highest BCUT2D eigenvalue weighted by molar-refractivity contribution is 5.96. The molecule has 4 saturated carbocycles. The summed E-state index contributed by atoms with van der Waals surface area (Å²) in [5.74, 6) is 1.68. The predicted molar refractivity (Wildman–Crippen MR) is 109 cm³/mol. The Morgan fingerprint density at radius 2 is 1.83 bits per heavy atom. The number of rotatable bonds is 7. The van der Waals surface area contributed by atoms with Crippen LogP contribution in [0.4, 0.5) is 5.69 Å². The monoisotopic (exact) mass is 417 g/mol. The van der Waals surface area contributed by atoms with Crippen LogP contribution < -0.4 is 5.32 Å². The van der Waals surface area contributed by atoms with Crippen molar-refractivity contribution in [2.24, 2.45) is 17.8 Å². The summed E-state index contributed by atoms with van der Waals surface area (Å²) in [7, 11) is 0. The van der Waals surface area contributed by atoms with Gasteiger partial charge < -0.3 is 10.1 Å². The van der Waals surface area contributed by atoms with Gasteiger partial charge in [-0.05, 0) is 69.2 Å². The summed E-state index contributed by atoms with van der Waals surface area (Å²) in [6, 6.07) is 0. The largest absolute Gasteiger partial charge is 0.379 e. The van der Waals surface area contributed by atoms with Crippen LogP contribution in [0.1, 0.15) is 55.4 Å². The molecule has 2 heterocycles. The van der Waals surface area contributed by atoms with Gasteiger partial charge >= 0.3 is 5.69 Å². The maximum atomic E-state index is 12.7. The van der Waals surface area contributed by atoms with Gasteiger partial charge in [0, 0.05) is 19.6 Å². The lowest BCUT2D eigenvalue weighted by molar-refractivity contribution is -0.385. The van der Waals surface area contributed by atoms with E-state index >= 15 is 0 Å². The predicted octanol–water partition coefficient (Wildman–Crippen LogP) is 2.17. The van der Waals surface area contributed by atoms with E-state index in [1.54, 1.807) is 4.68 Å². The molecule has 0 unspecified atom stereocenters. The fourth-order valence-corrected chi connectivity index (χ4v) is 6.66. The molecule has 0 aromatic carbocycles. The third-order valence-corrected chi connectivity index (χ3v) is 7.64. The van der Waals surface area contributed by atoms with Crippen LogP contribution in [-0.4, -0.2) is 64.9 Å². The van der Waals surface area contributed by atoms with E-state index in [2.05, 4.69) is 15.3 Å². The molecule has 0 spiro atoms. The minimum Gasteiger partial charge on any atom is -0.379 e. The molecule has 1 aliphatic heterocycles. The van der Waals surface area contributed by atoms with E-state index in [4.69, 9.17) is 4.74 Å². The van der Waals surface area contributed by atoms with E-state index < -0.39 is 10.8 Å². The number of aromatic nitrogens is 2. The molecule has 0 radical (unpaired) electrons. The van der Waals surface area contributed by atoms with Crippen molar-refractivity contribution in [3.63, 3.8) is 0 Å². The maximum Gasteiger partial charge on any atom is 0.320 e. The van der Waals surface area contributed by atoms with E-state index in [9.17, 15) is 14.9 Å². The third kappa shape index (κ3) is 3.73. The molecule has 9 heteroatoms. The van der Waals surface area contributed by atoms with Crippen LogP contribution in [0.2, 0.25) is 0 Å². The summed E-state index contributed by atoms with van der Waals surface area (Å²) >= 11 is 0. The summed E-state index contributed by atoms with van der Waals surface area (Å²) in [6.07, 6.45) is 9.32. The first-order valence-corrected chi connectivity index (χ1v) is 11.4. The van der Waals surface area contributed by atoms with Crippen LogP contribution in [0.15, 0.2) is 6.20 Å². The van der Waals surface area contributed by atoms with Crippen molar-refractivity contribution >= 4 is 11.6 Å². The maximum absolute atomic E-state index is 12.7. The molecule has 1 saturated heterocycles. The fraction of sp³-hybridized carbons (Fsp3) is 0.810. The van der Waals surface area contributed by atoms with Crippen LogP contribution in [-0.2, 0) is 10.3 Å². The molecular formula is C21H31N5O4. The Morgan fingerprint density at radius 3 is 2.43 bits per heavy atom. The molecule has 5 fully saturated rings. The van der Waals surface area contributed by atoms with Crippen LogP contribution in [0.5, 0.6) is 0 Å². The van der Waals surface area contributed by atoms with Crippen LogP contribution >= 0.6 is 0 Å². The van der Waals surface area contributed by atoms with Crippen LogP contribution in [0.25, 0.3) is 0 Å². The van der Waals surface area contributed by atoms with Gasteiger partial charge in [0.05, 0.1) is 23.7 Å². The van der Waals surface area contributed by atoms with E-state index in [1.807, 2.05) is 0 Å². The van der Waals surface area contributed by atoms with E-state index in [0.717, 1.165) is 58.5 Å². The minimum absolute atomic E-state index is 0.0397. The lowest BCUT2D eigenvalue weighted by atomic mass is 9.53. The molecule has 1 aromatic heterocycles. The van der Waals surface area contributed by atoms with Crippen LogP contribution in [0, 0.1) is 27.9 Å². The summed E-state index contributed by atoms with van der Waals surface area (Å²) < 4.78 is 7.15. The Labute approximate surface area is 176 Å². The fourth-order valence-electron chi connectivity index (χ4n) is 6.66. The molecule has 4 aliphatic carbocycles. The summed E-state index contributed by atoms with van der Waals surface area (Å²) in [5.41, 5.74) is -0.340. The summed E-state index contributed by atoms with van der Waals surface area (Å²) in [4.78, 5) is 26.2. The number of carbonyl (C=O) groups excluding carboxylic acids is 1. The number of hydrogen-bond donors (Lipinski definition) is 1. The number of carbonyl (C=O) groups is 1. The van der Waals surface area contributed by atoms with Crippen molar-refractivity contribution in [3.05, 3.63) is 22.0 Å². The normalized spacial score (nSPS) is 33.0. The smallest absolute Gasteiger partial charge is 0.320 e. The number of morpholine rings is 1. The molecular weight excluding hydrogens is 386 g/mol. The quantitative estimate of drug-likeness (QED) is 0.414. The van der Waals surface area contributed by atoms with Gasteiger partial charge in [0.1, 0.15) is 6.20 Å². The highest BCUT2D eigenvalue weighted by Crippen LogP contribution is 2.58. The lowest BCUT2D eigenvalue weighted by Crippen LogP contribution is -2.52. The minimum atomic E-state index is -0.466. The number of nitrogens with one attached hydrogen (secondary N) is 1. The van der Waals surface area contributed by atoms with Gasteiger partial charge in [-0.2, -0.15) is 5.10 Å². The Morgan fingerprint density at radius 1 is 1.20 bits per heavy atom. The Balaban J connectivity index is 1.26. The van der Waals surface area contributed by atoms with Gasteiger partial charge in [-0.15, -0.1) is 0 Å². The Kier molecular flexibility index (Phi) is 5.26. The van der Waals surface area contributed by atoms with Gasteiger partial charge in [-0.1, -0.05) is 0 Å². The first kappa shape index (κ1) is 19.9. The molecule has 0 atom stereocenters. The van der Waals surface area contributed by atoms with Crippen LogP contribution in [0.3, 0.4) is 0 Å². The van der Waals surface area contributed by atoms with Gasteiger partial charge in [0.15, 0.2) is 0 Å². The van der Waals surface area contributed by atoms with Crippen molar-refractivity contribution < 1.29 is 14.5 Å². The molecule has 164 valence electrons. The molecule has 1 N–H and O–H groups in total. The number of ether oxygens (including phenoxy) is 1. The zero-order chi connectivity index (χ0) is 20.7. The molecule has 30 heavy (non-hydrogen) atoms. The molecule has 1 aromatic rings. The molecule has 5 aliphatic rings. The summed E-state index contributed by atoms with van der Waals surface area (Å²) in [6.45, 7) is 4.69. The highest BCUT2D eigenvalue weighted by Gasteiger charge is 2.53. The average molecular weight is 418 g/mol. The van der Waals surface area contributed by atoms with Crippen molar-refractivity contribution in [2.75, 3.05) is 39.4 Å². The SMILES string of the molecule is O=C(NCCCN1CCOCC1)c1nn(C23CC4CC(CC(C4)C2)C3)cc1[N+](=O)[O-]. The number of amides is 1.